The molecule has 4 rings (SSSR count). The van der Waals surface area contributed by atoms with Crippen LogP contribution in [0.15, 0.2) is 40.6 Å². The fraction of sp³-hybridized carbons (Fsp3) is 0.381. The molecule has 13 heteroatoms. The van der Waals surface area contributed by atoms with E-state index >= 15 is 0 Å². The summed E-state index contributed by atoms with van der Waals surface area (Å²) in [6.07, 6.45) is 4.83. The Bertz CT molecular complexity index is 1260. The number of hydrogen-bond donors (Lipinski definition) is 0. The van der Waals surface area contributed by atoms with Crippen molar-refractivity contribution in [1.29, 1.82) is 0 Å². The van der Waals surface area contributed by atoms with E-state index in [2.05, 4.69) is 15.0 Å². The van der Waals surface area contributed by atoms with Gasteiger partial charge < -0.3 is 9.64 Å². The molecule has 1 fully saturated rings. The van der Waals surface area contributed by atoms with Crippen molar-refractivity contribution in [3.8, 4) is 5.75 Å². The number of halogens is 3. The van der Waals surface area contributed by atoms with Gasteiger partial charge in [0.25, 0.3) is 0 Å². The van der Waals surface area contributed by atoms with Crippen LogP contribution >= 0.6 is 23.2 Å². The van der Waals surface area contributed by atoms with E-state index in [4.69, 9.17) is 27.9 Å². The van der Waals surface area contributed by atoms with E-state index in [-0.39, 0.29) is 34.1 Å². The van der Waals surface area contributed by atoms with E-state index < -0.39 is 26.5 Å². The molecule has 0 amide bonds. The zero-order chi connectivity index (χ0) is 24.5. The molecule has 1 saturated heterocycles. The van der Waals surface area contributed by atoms with Gasteiger partial charge in [0.1, 0.15) is 11.7 Å². The minimum atomic E-state index is -3.24. The van der Waals surface area contributed by atoms with Crippen molar-refractivity contribution >= 4 is 54.8 Å². The van der Waals surface area contributed by atoms with Gasteiger partial charge in [-0.15, -0.1) is 0 Å². The standard InChI is InChI=1S/C21H21Cl2FN4O4S2/c1-34(30,31)12-13-6-17(22)19(18(23)7-13)32-10-16-11-33(29)20(27-16)14-2-4-28(5-3-14)21-25-8-15(24)9-26-21/h6-9,11,14H,2-5,10,12H2,1H3. The molecule has 1 aromatic carbocycles. The van der Waals surface area contributed by atoms with Gasteiger partial charge in [-0.2, -0.15) is 0 Å². The topological polar surface area (TPSA) is 102 Å². The third-order valence-electron chi connectivity index (χ3n) is 5.29. The Kier molecular flexibility index (Phi) is 7.56. The Balaban J connectivity index is 1.37. The second-order valence-corrected chi connectivity index (χ2v) is 12.3. The Morgan fingerprint density at radius 3 is 2.38 bits per heavy atom. The Morgan fingerprint density at radius 2 is 1.79 bits per heavy atom. The second kappa shape index (κ2) is 10.3. The molecule has 182 valence electrons. The minimum Gasteiger partial charge on any atom is -0.484 e. The van der Waals surface area contributed by atoms with E-state index in [1.165, 1.54) is 12.1 Å². The molecule has 1 unspecified atom stereocenters. The van der Waals surface area contributed by atoms with Crippen molar-refractivity contribution in [2.45, 2.75) is 18.6 Å². The summed E-state index contributed by atoms with van der Waals surface area (Å²) in [5.74, 6) is 0.0501. The predicted molar refractivity (Wildman–Crippen MR) is 131 cm³/mol. The molecule has 0 N–H and O–H groups in total. The smallest absolute Gasteiger partial charge is 0.225 e. The van der Waals surface area contributed by atoms with Crippen molar-refractivity contribution in [3.05, 3.63) is 57.1 Å². The predicted octanol–water partition coefficient (Wildman–Crippen LogP) is 3.76. The lowest BCUT2D eigenvalue weighted by molar-refractivity contribution is 0.351. The lowest BCUT2D eigenvalue weighted by Gasteiger charge is -2.31. The first kappa shape index (κ1) is 25.0. The molecule has 2 aromatic rings. The van der Waals surface area contributed by atoms with Gasteiger partial charge in [0.15, 0.2) is 21.4 Å². The number of nitrogens with zero attached hydrogens (tertiary/aromatic N) is 4. The van der Waals surface area contributed by atoms with Gasteiger partial charge >= 0.3 is 0 Å². The van der Waals surface area contributed by atoms with E-state index in [0.29, 0.717) is 48.2 Å². The fourth-order valence-electron chi connectivity index (χ4n) is 3.80. The van der Waals surface area contributed by atoms with Crippen LogP contribution in [0.2, 0.25) is 10.0 Å². The second-order valence-electron chi connectivity index (χ2n) is 8.07. The monoisotopic (exact) mass is 546 g/mol. The van der Waals surface area contributed by atoms with Gasteiger partial charge in [-0.25, -0.2) is 32.0 Å². The normalized spacial score (nSPS) is 19.2. The van der Waals surface area contributed by atoms with Crippen molar-refractivity contribution in [3.63, 3.8) is 0 Å². The highest BCUT2D eigenvalue weighted by molar-refractivity contribution is 8.03. The highest BCUT2D eigenvalue weighted by Gasteiger charge is 2.30. The van der Waals surface area contributed by atoms with Gasteiger partial charge in [0.05, 0.1) is 44.7 Å². The Hall–Kier alpha value is -2.08. The minimum absolute atomic E-state index is 0.0162. The molecular formula is C21H21Cl2FN4O4S2. The first-order valence-corrected chi connectivity index (χ1v) is 14.3. The molecular weight excluding hydrogens is 526 g/mol. The number of aliphatic imine (C=N–C) groups is 1. The lowest BCUT2D eigenvalue weighted by Crippen LogP contribution is -2.37. The van der Waals surface area contributed by atoms with Crippen LogP contribution in [0.25, 0.3) is 0 Å². The molecule has 1 aromatic heterocycles. The first-order chi connectivity index (χ1) is 16.1. The van der Waals surface area contributed by atoms with Gasteiger partial charge in [-0.3, -0.25) is 0 Å². The third kappa shape index (κ3) is 6.12. The average Bonchev–Trinajstić information content (AvgIpc) is 3.13. The summed E-state index contributed by atoms with van der Waals surface area (Å²) in [6.45, 7) is 1.30. The quantitative estimate of drug-likeness (QED) is 0.520. The van der Waals surface area contributed by atoms with Gasteiger partial charge in [0, 0.05) is 30.7 Å². The van der Waals surface area contributed by atoms with Crippen LogP contribution in [0.3, 0.4) is 0 Å². The number of hydrogen-bond acceptors (Lipinski definition) is 8. The van der Waals surface area contributed by atoms with Gasteiger partial charge in [0.2, 0.25) is 5.95 Å². The summed E-state index contributed by atoms with van der Waals surface area (Å²) in [5.41, 5.74) is 0.966. The highest BCUT2D eigenvalue weighted by atomic mass is 35.5. The molecule has 34 heavy (non-hydrogen) atoms. The van der Waals surface area contributed by atoms with Crippen LogP contribution in [-0.4, -0.2) is 53.6 Å². The molecule has 2 aliphatic heterocycles. The van der Waals surface area contributed by atoms with E-state index in [0.717, 1.165) is 18.6 Å². The average molecular weight is 547 g/mol. The van der Waals surface area contributed by atoms with E-state index in [1.54, 1.807) is 5.41 Å². The van der Waals surface area contributed by atoms with Gasteiger partial charge in [-0.05, 0) is 30.5 Å². The molecule has 1 atom stereocenters. The van der Waals surface area contributed by atoms with Crippen LogP contribution in [0.4, 0.5) is 10.3 Å². The number of rotatable bonds is 7. The number of sulfone groups is 1. The number of anilines is 1. The van der Waals surface area contributed by atoms with Crippen molar-refractivity contribution in [2.24, 2.45) is 10.9 Å². The summed E-state index contributed by atoms with van der Waals surface area (Å²) in [7, 11) is -4.59. The fourth-order valence-corrected chi connectivity index (χ4v) is 6.47. The highest BCUT2D eigenvalue weighted by Crippen LogP contribution is 2.35. The largest absolute Gasteiger partial charge is 0.484 e. The first-order valence-electron chi connectivity index (χ1n) is 10.3. The summed E-state index contributed by atoms with van der Waals surface area (Å²) in [6, 6.07) is 3.00. The number of aromatic nitrogens is 2. The number of ether oxygens (including phenoxy) is 1. The Labute approximate surface area is 209 Å². The number of benzene rings is 1. The summed E-state index contributed by atoms with van der Waals surface area (Å²) in [4.78, 5) is 14.5. The summed E-state index contributed by atoms with van der Waals surface area (Å²) < 4.78 is 54.5. The van der Waals surface area contributed by atoms with Crippen molar-refractivity contribution < 1.29 is 21.8 Å². The van der Waals surface area contributed by atoms with Crippen LogP contribution in [0.1, 0.15) is 18.4 Å². The SMILES string of the molecule is CS(=O)(=O)Cc1cc(Cl)c(OCC2=CS(=O)C(C3CCN(c4ncc(F)cn4)CC3)=N2)c(Cl)c1. The Morgan fingerprint density at radius 1 is 1.18 bits per heavy atom. The van der Waals surface area contributed by atoms with Crippen LogP contribution in [-0.2, 0) is 26.4 Å². The molecule has 0 spiro atoms. The van der Waals surface area contributed by atoms with E-state index in [9.17, 15) is 17.0 Å². The molecule has 0 bridgehead atoms. The number of piperidine rings is 1. The lowest BCUT2D eigenvalue weighted by atomic mass is 9.98. The van der Waals surface area contributed by atoms with Crippen LogP contribution < -0.4 is 9.64 Å². The summed E-state index contributed by atoms with van der Waals surface area (Å²) in [5, 5.41) is 2.51. The molecule has 0 aliphatic carbocycles. The molecule has 3 heterocycles. The molecule has 8 nitrogen and oxygen atoms in total. The van der Waals surface area contributed by atoms with Crippen LogP contribution in [0.5, 0.6) is 5.75 Å². The van der Waals surface area contributed by atoms with Crippen molar-refractivity contribution in [2.75, 3.05) is 30.9 Å². The van der Waals surface area contributed by atoms with E-state index in [1.807, 2.05) is 4.90 Å². The summed E-state index contributed by atoms with van der Waals surface area (Å²) >= 11 is 12.5. The van der Waals surface area contributed by atoms with Crippen LogP contribution in [0, 0.1) is 11.7 Å². The maximum absolute atomic E-state index is 13.0. The molecule has 2 aliphatic rings. The maximum Gasteiger partial charge on any atom is 0.225 e. The molecule has 0 radical (unpaired) electrons. The zero-order valence-corrected chi connectivity index (χ0v) is 21.2. The maximum atomic E-state index is 13.0. The molecule has 0 saturated carbocycles. The van der Waals surface area contributed by atoms with Gasteiger partial charge in [-0.1, -0.05) is 23.2 Å². The third-order valence-corrected chi connectivity index (χ3v) is 8.03. The van der Waals surface area contributed by atoms with Crippen molar-refractivity contribution in [1.82, 2.24) is 9.97 Å². The zero-order valence-electron chi connectivity index (χ0n) is 18.1.